The third-order valence-corrected chi connectivity index (χ3v) is 2.87. The molecule has 0 spiro atoms. The van der Waals surface area contributed by atoms with Gasteiger partial charge < -0.3 is 15.5 Å². The third kappa shape index (κ3) is 3.46. The molecule has 0 amide bonds. The van der Waals surface area contributed by atoms with Crippen molar-refractivity contribution in [2.24, 2.45) is 0 Å². The maximum Gasteiger partial charge on any atom is 0.416 e. The number of halogens is 3. The number of alkyl halides is 3. The van der Waals surface area contributed by atoms with E-state index >= 15 is 0 Å². The lowest BCUT2D eigenvalue weighted by atomic mass is 10.1. The van der Waals surface area contributed by atoms with E-state index in [1.165, 1.54) is 6.07 Å². The Bertz CT molecular complexity index is 564. The lowest BCUT2D eigenvalue weighted by Crippen LogP contribution is -2.19. The van der Waals surface area contributed by atoms with Gasteiger partial charge in [-0.1, -0.05) is 0 Å². The molecule has 0 fully saturated rings. The van der Waals surface area contributed by atoms with Crippen LogP contribution in [-0.4, -0.2) is 6.04 Å². The molecule has 0 aliphatic heterocycles. The zero-order valence-electron chi connectivity index (χ0n) is 10.9. The van der Waals surface area contributed by atoms with Gasteiger partial charge in [0.15, 0.2) is 0 Å². The molecule has 0 bridgehead atoms. The van der Waals surface area contributed by atoms with Crippen molar-refractivity contribution in [1.82, 2.24) is 0 Å². The zero-order valence-corrected chi connectivity index (χ0v) is 10.9. The summed E-state index contributed by atoms with van der Waals surface area (Å²) in [6.07, 6.45) is -2.19. The Hall–Kier alpha value is -2.11. The van der Waals surface area contributed by atoms with Gasteiger partial charge in [0.1, 0.15) is 5.76 Å². The minimum atomic E-state index is -4.38. The summed E-state index contributed by atoms with van der Waals surface area (Å²) < 4.78 is 42.8. The van der Waals surface area contributed by atoms with Crippen molar-refractivity contribution in [1.29, 1.82) is 0 Å². The lowest BCUT2D eigenvalue weighted by Gasteiger charge is -2.17. The van der Waals surface area contributed by atoms with Gasteiger partial charge in [0, 0.05) is 12.5 Å². The molecule has 1 heterocycles. The van der Waals surface area contributed by atoms with E-state index in [1.807, 2.05) is 13.0 Å². The number of nitrogens with two attached hydrogens (primary N) is 1. The Morgan fingerprint density at radius 2 is 2.05 bits per heavy atom. The summed E-state index contributed by atoms with van der Waals surface area (Å²) in [6.45, 7) is 1.90. The molecule has 0 saturated carbocycles. The number of rotatable bonds is 4. The molecule has 1 unspecified atom stereocenters. The van der Waals surface area contributed by atoms with Gasteiger partial charge in [-0.2, -0.15) is 13.2 Å². The number of nitrogen functional groups attached to an aromatic ring is 1. The van der Waals surface area contributed by atoms with E-state index in [4.69, 9.17) is 10.2 Å². The topological polar surface area (TPSA) is 51.2 Å². The van der Waals surface area contributed by atoms with Crippen molar-refractivity contribution in [2.75, 3.05) is 11.1 Å². The highest BCUT2D eigenvalue weighted by Crippen LogP contribution is 2.33. The lowest BCUT2D eigenvalue weighted by molar-refractivity contribution is -0.137. The number of benzene rings is 1. The molecule has 0 radical (unpaired) electrons. The number of hydrogen-bond acceptors (Lipinski definition) is 3. The SMILES string of the molecule is CC(Cc1ccco1)Nc1ccc(C(F)(F)F)cc1N. The Balaban J connectivity index is 2.06. The first-order valence-corrected chi connectivity index (χ1v) is 6.12. The second-order valence-corrected chi connectivity index (χ2v) is 4.63. The van der Waals surface area contributed by atoms with Gasteiger partial charge in [-0.15, -0.1) is 0 Å². The van der Waals surface area contributed by atoms with Crippen LogP contribution >= 0.6 is 0 Å². The van der Waals surface area contributed by atoms with Crippen LogP contribution < -0.4 is 11.1 Å². The molecule has 0 aliphatic carbocycles. The highest BCUT2D eigenvalue weighted by Gasteiger charge is 2.30. The highest BCUT2D eigenvalue weighted by atomic mass is 19.4. The Kier molecular flexibility index (Phi) is 3.92. The van der Waals surface area contributed by atoms with Crippen molar-refractivity contribution in [3.63, 3.8) is 0 Å². The van der Waals surface area contributed by atoms with Crippen molar-refractivity contribution in [3.8, 4) is 0 Å². The molecule has 1 aromatic carbocycles. The highest BCUT2D eigenvalue weighted by molar-refractivity contribution is 5.67. The van der Waals surface area contributed by atoms with Crippen molar-refractivity contribution in [2.45, 2.75) is 25.6 Å². The van der Waals surface area contributed by atoms with Crippen LogP contribution in [0.5, 0.6) is 0 Å². The first-order valence-electron chi connectivity index (χ1n) is 6.12. The fourth-order valence-electron chi connectivity index (χ4n) is 1.92. The van der Waals surface area contributed by atoms with E-state index < -0.39 is 11.7 Å². The van der Waals surface area contributed by atoms with Crippen LogP contribution in [0.3, 0.4) is 0 Å². The first-order chi connectivity index (χ1) is 9.36. The molecule has 6 heteroatoms. The summed E-state index contributed by atoms with van der Waals surface area (Å²) in [4.78, 5) is 0. The van der Waals surface area contributed by atoms with E-state index in [0.717, 1.165) is 17.9 Å². The maximum atomic E-state index is 12.5. The van der Waals surface area contributed by atoms with Crippen LogP contribution in [-0.2, 0) is 12.6 Å². The van der Waals surface area contributed by atoms with Crippen molar-refractivity contribution >= 4 is 11.4 Å². The molecule has 2 rings (SSSR count). The predicted octanol–water partition coefficient (Wildman–Crippen LogP) is 3.92. The zero-order chi connectivity index (χ0) is 14.8. The summed E-state index contributed by atoms with van der Waals surface area (Å²) in [5, 5.41) is 3.07. The van der Waals surface area contributed by atoms with Crippen LogP contribution in [0.4, 0.5) is 24.5 Å². The first kappa shape index (κ1) is 14.3. The molecule has 20 heavy (non-hydrogen) atoms. The van der Waals surface area contributed by atoms with Gasteiger partial charge in [0.25, 0.3) is 0 Å². The molecule has 108 valence electrons. The van der Waals surface area contributed by atoms with E-state index in [2.05, 4.69) is 5.32 Å². The van der Waals surface area contributed by atoms with Crippen LogP contribution in [0.2, 0.25) is 0 Å². The molecule has 3 nitrogen and oxygen atoms in total. The molecule has 2 aromatic rings. The standard InChI is InChI=1S/C14H15F3N2O/c1-9(7-11-3-2-6-20-11)19-13-5-4-10(8-12(13)18)14(15,16)17/h2-6,8-9,19H,7,18H2,1H3. The molecule has 0 saturated heterocycles. The number of anilines is 2. The van der Waals surface area contributed by atoms with Gasteiger partial charge >= 0.3 is 6.18 Å². The van der Waals surface area contributed by atoms with Gasteiger partial charge in [0.2, 0.25) is 0 Å². The van der Waals surface area contributed by atoms with E-state index in [0.29, 0.717) is 12.1 Å². The predicted molar refractivity (Wildman–Crippen MR) is 71.4 cm³/mol. The van der Waals surface area contributed by atoms with Gasteiger partial charge in [-0.05, 0) is 37.3 Å². The second kappa shape index (κ2) is 5.48. The third-order valence-electron chi connectivity index (χ3n) is 2.87. The molecular weight excluding hydrogens is 269 g/mol. The monoisotopic (exact) mass is 284 g/mol. The molecule has 1 aromatic heterocycles. The minimum absolute atomic E-state index is 0.0137. The fourth-order valence-corrected chi connectivity index (χ4v) is 1.92. The molecular formula is C14H15F3N2O. The molecule has 3 N–H and O–H groups in total. The van der Waals surface area contributed by atoms with Crippen molar-refractivity contribution in [3.05, 3.63) is 47.9 Å². The average molecular weight is 284 g/mol. The van der Waals surface area contributed by atoms with Crippen LogP contribution in [0, 0.1) is 0 Å². The summed E-state index contributed by atoms with van der Waals surface area (Å²) in [6, 6.07) is 6.90. The smallest absolute Gasteiger partial charge is 0.416 e. The fraction of sp³-hybridized carbons (Fsp3) is 0.286. The number of nitrogens with one attached hydrogen (secondary N) is 1. The summed E-state index contributed by atoms with van der Waals surface area (Å²) in [7, 11) is 0. The van der Waals surface area contributed by atoms with Crippen LogP contribution in [0.1, 0.15) is 18.2 Å². The second-order valence-electron chi connectivity index (χ2n) is 4.63. The summed E-state index contributed by atoms with van der Waals surface area (Å²) in [5.41, 5.74) is 5.46. The molecule has 0 aliphatic rings. The van der Waals surface area contributed by atoms with Crippen LogP contribution in [0.25, 0.3) is 0 Å². The quantitative estimate of drug-likeness (QED) is 0.836. The largest absolute Gasteiger partial charge is 0.469 e. The molecule has 1 atom stereocenters. The summed E-state index contributed by atoms with van der Waals surface area (Å²) in [5.74, 6) is 0.801. The van der Waals surface area contributed by atoms with Crippen LogP contribution in [0.15, 0.2) is 41.0 Å². The summed E-state index contributed by atoms with van der Waals surface area (Å²) >= 11 is 0. The number of furan rings is 1. The Labute approximate surface area is 114 Å². The minimum Gasteiger partial charge on any atom is -0.469 e. The normalized spacial score (nSPS) is 13.2. The van der Waals surface area contributed by atoms with Gasteiger partial charge in [-0.25, -0.2) is 0 Å². The Morgan fingerprint density at radius 3 is 2.60 bits per heavy atom. The maximum absolute atomic E-state index is 12.5. The van der Waals surface area contributed by atoms with Gasteiger partial charge in [-0.3, -0.25) is 0 Å². The van der Waals surface area contributed by atoms with E-state index in [9.17, 15) is 13.2 Å². The van der Waals surface area contributed by atoms with Crippen molar-refractivity contribution < 1.29 is 17.6 Å². The van der Waals surface area contributed by atoms with Gasteiger partial charge in [0.05, 0.1) is 23.2 Å². The van der Waals surface area contributed by atoms with E-state index in [-0.39, 0.29) is 11.7 Å². The number of hydrogen-bond donors (Lipinski definition) is 2. The average Bonchev–Trinajstić information content (AvgIpc) is 2.83. The van der Waals surface area contributed by atoms with E-state index in [1.54, 1.807) is 12.3 Å². The Morgan fingerprint density at radius 1 is 1.30 bits per heavy atom.